The van der Waals surface area contributed by atoms with E-state index in [0.29, 0.717) is 13.0 Å². The van der Waals surface area contributed by atoms with E-state index in [1.807, 2.05) is 40.3 Å². The van der Waals surface area contributed by atoms with Crippen LogP contribution in [-0.2, 0) is 24.3 Å². The van der Waals surface area contributed by atoms with E-state index >= 15 is 0 Å². The standard InChI is InChI=1S/C16H19N5O/c1-3-20-11-17-9-13(20)10-18-16(22)8-14-12(2)19-15-6-4-5-7-21(14)15/h4-7,9,11H,3,8,10H2,1-2H3,(H,18,22). The highest BCUT2D eigenvalue weighted by Gasteiger charge is 2.12. The minimum atomic E-state index is -0.0161. The Labute approximate surface area is 128 Å². The molecule has 0 aliphatic carbocycles. The first-order valence-corrected chi connectivity index (χ1v) is 7.37. The van der Waals surface area contributed by atoms with Gasteiger partial charge in [0.2, 0.25) is 5.91 Å². The van der Waals surface area contributed by atoms with E-state index in [0.717, 1.165) is 29.3 Å². The smallest absolute Gasteiger partial charge is 0.226 e. The highest BCUT2D eigenvalue weighted by atomic mass is 16.1. The van der Waals surface area contributed by atoms with E-state index in [4.69, 9.17) is 0 Å². The summed E-state index contributed by atoms with van der Waals surface area (Å²) in [5.74, 6) is -0.0161. The Balaban J connectivity index is 1.70. The lowest BCUT2D eigenvalue weighted by Crippen LogP contribution is -2.26. The number of carbonyl (C=O) groups excluding carboxylic acids is 1. The van der Waals surface area contributed by atoms with E-state index in [2.05, 4.69) is 22.2 Å². The second-order valence-electron chi connectivity index (χ2n) is 5.20. The van der Waals surface area contributed by atoms with Gasteiger partial charge >= 0.3 is 0 Å². The van der Waals surface area contributed by atoms with Crippen LogP contribution in [0.5, 0.6) is 0 Å². The molecule has 0 saturated heterocycles. The number of rotatable bonds is 5. The maximum absolute atomic E-state index is 12.2. The topological polar surface area (TPSA) is 64.2 Å². The van der Waals surface area contributed by atoms with Gasteiger partial charge in [0.1, 0.15) is 5.65 Å². The average molecular weight is 297 g/mol. The molecular formula is C16H19N5O. The zero-order valence-corrected chi connectivity index (χ0v) is 12.8. The molecule has 0 bridgehead atoms. The summed E-state index contributed by atoms with van der Waals surface area (Å²) in [4.78, 5) is 20.8. The lowest BCUT2D eigenvalue weighted by molar-refractivity contribution is -0.120. The highest BCUT2D eigenvalue weighted by molar-refractivity contribution is 5.78. The third kappa shape index (κ3) is 2.72. The van der Waals surface area contributed by atoms with E-state index in [1.54, 1.807) is 12.5 Å². The van der Waals surface area contributed by atoms with Gasteiger partial charge in [-0.05, 0) is 26.0 Å². The second kappa shape index (κ2) is 6.01. The number of aryl methyl sites for hydroxylation is 2. The number of nitrogens with zero attached hydrogens (tertiary/aromatic N) is 4. The van der Waals surface area contributed by atoms with E-state index in [9.17, 15) is 4.79 Å². The van der Waals surface area contributed by atoms with Gasteiger partial charge in [0.25, 0.3) is 0 Å². The van der Waals surface area contributed by atoms with Crippen LogP contribution in [-0.4, -0.2) is 24.8 Å². The SMILES string of the molecule is CCn1cncc1CNC(=O)Cc1c(C)nc2ccccn12. The van der Waals surface area contributed by atoms with Crippen LogP contribution < -0.4 is 5.32 Å². The van der Waals surface area contributed by atoms with Crippen molar-refractivity contribution in [2.24, 2.45) is 0 Å². The highest BCUT2D eigenvalue weighted by Crippen LogP contribution is 2.12. The van der Waals surface area contributed by atoms with Crippen molar-refractivity contribution in [3.63, 3.8) is 0 Å². The lowest BCUT2D eigenvalue weighted by Gasteiger charge is -2.08. The van der Waals surface area contributed by atoms with Crippen LogP contribution in [0.25, 0.3) is 5.65 Å². The van der Waals surface area contributed by atoms with Crippen molar-refractivity contribution in [3.8, 4) is 0 Å². The van der Waals surface area contributed by atoms with Crippen LogP contribution in [0.4, 0.5) is 0 Å². The minimum Gasteiger partial charge on any atom is -0.350 e. The molecule has 1 N–H and O–H groups in total. The van der Waals surface area contributed by atoms with Gasteiger partial charge in [-0.2, -0.15) is 0 Å². The van der Waals surface area contributed by atoms with Crippen molar-refractivity contribution < 1.29 is 4.79 Å². The molecule has 0 aliphatic heterocycles. The summed E-state index contributed by atoms with van der Waals surface area (Å²) in [6.45, 7) is 5.32. The number of carbonyl (C=O) groups is 1. The minimum absolute atomic E-state index is 0.0161. The van der Waals surface area contributed by atoms with Crippen LogP contribution in [0.15, 0.2) is 36.9 Å². The van der Waals surface area contributed by atoms with Crippen LogP contribution >= 0.6 is 0 Å². The van der Waals surface area contributed by atoms with Crippen molar-refractivity contribution in [3.05, 3.63) is 54.0 Å². The van der Waals surface area contributed by atoms with E-state index in [-0.39, 0.29) is 5.91 Å². The quantitative estimate of drug-likeness (QED) is 0.780. The van der Waals surface area contributed by atoms with Crippen molar-refractivity contribution >= 4 is 11.6 Å². The molecule has 0 aliphatic rings. The van der Waals surface area contributed by atoms with Crippen LogP contribution in [0.3, 0.4) is 0 Å². The van der Waals surface area contributed by atoms with E-state index in [1.165, 1.54) is 0 Å². The molecule has 1 amide bonds. The molecule has 3 aromatic heterocycles. The fourth-order valence-corrected chi connectivity index (χ4v) is 2.56. The van der Waals surface area contributed by atoms with Gasteiger partial charge in [0, 0.05) is 18.9 Å². The first kappa shape index (κ1) is 14.3. The fourth-order valence-electron chi connectivity index (χ4n) is 2.56. The molecule has 0 spiro atoms. The molecule has 0 saturated carbocycles. The summed E-state index contributed by atoms with van der Waals surface area (Å²) in [6.07, 6.45) is 5.81. The summed E-state index contributed by atoms with van der Waals surface area (Å²) in [6, 6.07) is 5.82. The molecule has 6 nitrogen and oxygen atoms in total. The van der Waals surface area contributed by atoms with Crippen molar-refractivity contribution in [1.29, 1.82) is 0 Å². The summed E-state index contributed by atoms with van der Waals surface area (Å²) in [5, 5.41) is 2.95. The van der Waals surface area contributed by atoms with Gasteiger partial charge in [0.05, 0.1) is 36.4 Å². The number of pyridine rings is 1. The monoisotopic (exact) mass is 297 g/mol. The Morgan fingerprint density at radius 3 is 3.05 bits per heavy atom. The lowest BCUT2D eigenvalue weighted by atomic mass is 10.2. The molecule has 3 heterocycles. The first-order chi connectivity index (χ1) is 10.7. The van der Waals surface area contributed by atoms with Crippen molar-refractivity contribution in [2.75, 3.05) is 0 Å². The molecule has 22 heavy (non-hydrogen) atoms. The Kier molecular flexibility index (Phi) is 3.91. The number of aromatic nitrogens is 4. The molecule has 0 fully saturated rings. The molecule has 0 aromatic carbocycles. The summed E-state index contributed by atoms with van der Waals surface area (Å²) < 4.78 is 3.98. The maximum Gasteiger partial charge on any atom is 0.226 e. The number of hydrogen-bond donors (Lipinski definition) is 1. The Morgan fingerprint density at radius 1 is 1.36 bits per heavy atom. The summed E-state index contributed by atoms with van der Waals surface area (Å²) in [5.41, 5.74) is 3.69. The van der Waals surface area contributed by atoms with Gasteiger partial charge in [-0.15, -0.1) is 0 Å². The number of amides is 1. The second-order valence-corrected chi connectivity index (χ2v) is 5.20. The Hall–Kier alpha value is -2.63. The molecule has 0 atom stereocenters. The molecule has 3 rings (SSSR count). The average Bonchev–Trinajstić information content (AvgIpc) is 3.10. The van der Waals surface area contributed by atoms with Gasteiger partial charge in [-0.25, -0.2) is 9.97 Å². The molecule has 0 unspecified atom stereocenters. The molecule has 114 valence electrons. The van der Waals surface area contributed by atoms with Crippen molar-refractivity contribution in [2.45, 2.75) is 33.4 Å². The van der Waals surface area contributed by atoms with Gasteiger partial charge < -0.3 is 14.3 Å². The number of nitrogens with one attached hydrogen (secondary N) is 1. The predicted molar refractivity (Wildman–Crippen MR) is 83.4 cm³/mol. The van der Waals surface area contributed by atoms with Gasteiger partial charge in [-0.1, -0.05) is 6.07 Å². The molecule has 6 heteroatoms. The number of fused-ring (bicyclic) bond motifs is 1. The van der Waals surface area contributed by atoms with Gasteiger partial charge in [-0.3, -0.25) is 4.79 Å². The predicted octanol–water partition coefficient (Wildman–Crippen LogP) is 1.72. The Bertz CT molecular complexity index is 802. The Morgan fingerprint density at radius 2 is 2.23 bits per heavy atom. The summed E-state index contributed by atoms with van der Waals surface area (Å²) >= 11 is 0. The van der Waals surface area contributed by atoms with E-state index < -0.39 is 0 Å². The van der Waals surface area contributed by atoms with Crippen LogP contribution in [0.1, 0.15) is 24.0 Å². The fraction of sp³-hybridized carbons (Fsp3) is 0.312. The zero-order valence-electron chi connectivity index (χ0n) is 12.8. The molecule has 3 aromatic rings. The summed E-state index contributed by atoms with van der Waals surface area (Å²) in [7, 11) is 0. The normalized spacial score (nSPS) is 11.0. The van der Waals surface area contributed by atoms with Crippen molar-refractivity contribution in [1.82, 2.24) is 24.3 Å². The largest absolute Gasteiger partial charge is 0.350 e. The van der Waals surface area contributed by atoms with Crippen LogP contribution in [0, 0.1) is 6.92 Å². The zero-order chi connectivity index (χ0) is 15.5. The van der Waals surface area contributed by atoms with Crippen LogP contribution in [0.2, 0.25) is 0 Å². The number of hydrogen-bond acceptors (Lipinski definition) is 3. The third-order valence-corrected chi connectivity index (χ3v) is 3.76. The van der Waals surface area contributed by atoms with Gasteiger partial charge in [0.15, 0.2) is 0 Å². The molecular weight excluding hydrogens is 278 g/mol. The molecule has 0 radical (unpaired) electrons. The number of imidazole rings is 2. The first-order valence-electron chi connectivity index (χ1n) is 7.37. The third-order valence-electron chi connectivity index (χ3n) is 3.76. The maximum atomic E-state index is 12.2.